The minimum atomic E-state index is -0.163. The Morgan fingerprint density at radius 2 is 1.48 bits per heavy atom. The second-order valence-electron chi connectivity index (χ2n) is 4.42. The number of hydrogen-bond acceptors (Lipinski definition) is 2. The van der Waals surface area contributed by atoms with Crippen molar-refractivity contribution in [3.05, 3.63) is 54.9 Å². The van der Waals surface area contributed by atoms with Crippen LogP contribution in [-0.2, 0) is 0 Å². The zero-order chi connectivity index (χ0) is 15.7. The van der Waals surface area contributed by atoms with Crippen molar-refractivity contribution in [2.75, 3.05) is 5.32 Å². The lowest BCUT2D eigenvalue weighted by Crippen LogP contribution is -2.07. The molecule has 0 aromatic heterocycles. The Morgan fingerprint density at radius 1 is 0.905 bits per heavy atom. The van der Waals surface area contributed by atoms with Crippen LogP contribution in [0, 0.1) is 0 Å². The van der Waals surface area contributed by atoms with Gasteiger partial charge in [0.15, 0.2) is 5.75 Å². The molecule has 0 aliphatic heterocycles. The Balaban J connectivity index is 2.30. The van der Waals surface area contributed by atoms with Gasteiger partial charge in [-0.1, -0.05) is 64.1 Å². The molecule has 2 N–H and O–H groups in total. The zero-order valence-corrected chi connectivity index (χ0v) is 14.5. The van der Waals surface area contributed by atoms with Crippen molar-refractivity contribution < 1.29 is 5.11 Å². The monoisotopic (exact) mass is 383 g/mol. The molecule has 0 aliphatic rings. The maximum atomic E-state index is 9.55. The molecule has 2 nitrogen and oxygen atoms in total. The van der Waals surface area contributed by atoms with Gasteiger partial charge in [-0.25, -0.2) is 0 Å². The number of phenolic OH excluding ortho intramolecular Hbond substituents is 1. The van der Waals surface area contributed by atoms with Crippen molar-refractivity contribution in [2.45, 2.75) is 13.0 Å². The normalized spacial score (nSPS) is 12.3. The lowest BCUT2D eigenvalue weighted by atomic mass is 10.1. The number of aromatic hydroxyl groups is 1. The Bertz CT molecular complexity index is 666. The van der Waals surface area contributed by atoms with E-state index in [0.29, 0.717) is 20.8 Å². The quantitative estimate of drug-likeness (QED) is 0.448. The van der Waals surface area contributed by atoms with E-state index < -0.39 is 0 Å². The van der Waals surface area contributed by atoms with Crippen molar-refractivity contribution in [3.63, 3.8) is 0 Å². The first-order valence-electron chi connectivity index (χ1n) is 5.89. The van der Waals surface area contributed by atoms with Crippen molar-refractivity contribution in [2.24, 2.45) is 0 Å². The summed E-state index contributed by atoms with van der Waals surface area (Å²) in [7, 11) is 0. The molecular formula is C14H10Cl5NO. The highest BCUT2D eigenvalue weighted by molar-refractivity contribution is 6.48. The summed E-state index contributed by atoms with van der Waals surface area (Å²) in [5.41, 5.74) is 1.43. The first-order chi connectivity index (χ1) is 9.81. The van der Waals surface area contributed by atoms with Crippen LogP contribution in [0.2, 0.25) is 25.1 Å². The molecule has 21 heavy (non-hydrogen) atoms. The van der Waals surface area contributed by atoms with Gasteiger partial charge in [0.2, 0.25) is 0 Å². The molecule has 0 aliphatic carbocycles. The SMILES string of the molecule is CC(Nc1cc(Cl)c(O)c(Cl)c1)c1ccc(Cl)c(Cl)c1Cl. The molecule has 0 radical (unpaired) electrons. The lowest BCUT2D eigenvalue weighted by Gasteiger charge is -2.18. The Labute approximate surface area is 147 Å². The average Bonchev–Trinajstić information content (AvgIpc) is 2.42. The van der Waals surface area contributed by atoms with Crippen molar-refractivity contribution >= 4 is 63.7 Å². The summed E-state index contributed by atoms with van der Waals surface area (Å²) in [6, 6.07) is 6.46. The largest absolute Gasteiger partial charge is 0.505 e. The maximum absolute atomic E-state index is 9.55. The highest BCUT2D eigenvalue weighted by Crippen LogP contribution is 2.38. The van der Waals surface area contributed by atoms with E-state index in [1.165, 1.54) is 0 Å². The fraction of sp³-hybridized carbons (Fsp3) is 0.143. The number of benzene rings is 2. The standard InChI is InChI=1S/C14H10Cl5NO/c1-6(8-2-3-9(15)13(19)12(8)18)20-7-4-10(16)14(21)11(17)5-7/h2-6,20-21H,1H3. The summed E-state index contributed by atoms with van der Waals surface area (Å²) < 4.78 is 0. The van der Waals surface area contributed by atoms with E-state index in [1.54, 1.807) is 24.3 Å². The molecule has 7 heteroatoms. The highest BCUT2D eigenvalue weighted by Gasteiger charge is 2.15. The van der Waals surface area contributed by atoms with E-state index in [4.69, 9.17) is 58.0 Å². The van der Waals surface area contributed by atoms with Crippen molar-refractivity contribution in [1.29, 1.82) is 0 Å². The fourth-order valence-corrected chi connectivity index (χ4v) is 3.05. The summed E-state index contributed by atoms with van der Waals surface area (Å²) in [6.45, 7) is 1.90. The second-order valence-corrected chi connectivity index (χ2v) is 6.40. The summed E-state index contributed by atoms with van der Waals surface area (Å²) in [5, 5.41) is 14.2. The van der Waals surface area contributed by atoms with E-state index in [9.17, 15) is 5.11 Å². The van der Waals surface area contributed by atoms with Crippen LogP contribution in [0.1, 0.15) is 18.5 Å². The molecule has 0 bridgehead atoms. The molecular weight excluding hydrogens is 375 g/mol. The van der Waals surface area contributed by atoms with E-state index in [-0.39, 0.29) is 21.8 Å². The maximum Gasteiger partial charge on any atom is 0.152 e. The van der Waals surface area contributed by atoms with Gasteiger partial charge in [0.25, 0.3) is 0 Å². The molecule has 0 heterocycles. The fourth-order valence-electron chi connectivity index (χ4n) is 1.85. The minimum Gasteiger partial charge on any atom is -0.505 e. The second kappa shape index (κ2) is 6.72. The molecule has 112 valence electrons. The van der Waals surface area contributed by atoms with Crippen LogP contribution in [0.4, 0.5) is 5.69 Å². The predicted octanol–water partition coefficient (Wildman–Crippen LogP) is 6.83. The summed E-state index contributed by atoms with van der Waals surface area (Å²) in [5.74, 6) is -0.149. The Hall–Kier alpha value is -0.510. The summed E-state index contributed by atoms with van der Waals surface area (Å²) >= 11 is 29.9. The topological polar surface area (TPSA) is 32.3 Å². The number of anilines is 1. The third kappa shape index (κ3) is 3.64. The van der Waals surface area contributed by atoms with Gasteiger partial charge >= 0.3 is 0 Å². The first kappa shape index (κ1) is 16.9. The van der Waals surface area contributed by atoms with Crippen molar-refractivity contribution in [3.8, 4) is 5.75 Å². The van der Waals surface area contributed by atoms with Crippen LogP contribution in [0.25, 0.3) is 0 Å². The molecule has 0 saturated carbocycles. The first-order valence-corrected chi connectivity index (χ1v) is 7.78. The molecule has 1 unspecified atom stereocenters. The van der Waals surface area contributed by atoms with E-state index >= 15 is 0 Å². The Kier molecular flexibility index (Phi) is 5.39. The molecule has 2 rings (SSSR count). The van der Waals surface area contributed by atoms with Crippen LogP contribution in [0.15, 0.2) is 24.3 Å². The minimum absolute atomic E-state index is 0.149. The third-order valence-electron chi connectivity index (χ3n) is 2.93. The predicted molar refractivity (Wildman–Crippen MR) is 91.6 cm³/mol. The average molecular weight is 386 g/mol. The van der Waals surface area contributed by atoms with Crippen molar-refractivity contribution in [1.82, 2.24) is 0 Å². The van der Waals surface area contributed by atoms with Crippen LogP contribution >= 0.6 is 58.0 Å². The number of phenols is 1. The zero-order valence-electron chi connectivity index (χ0n) is 10.7. The molecule has 1 atom stereocenters. The number of rotatable bonds is 3. The van der Waals surface area contributed by atoms with E-state index in [2.05, 4.69) is 5.32 Å². The van der Waals surface area contributed by atoms with E-state index in [1.807, 2.05) is 6.92 Å². The van der Waals surface area contributed by atoms with Gasteiger partial charge in [-0.3, -0.25) is 0 Å². The van der Waals surface area contributed by atoms with Gasteiger partial charge in [0.05, 0.1) is 31.2 Å². The number of nitrogens with one attached hydrogen (secondary N) is 1. The number of hydrogen-bond donors (Lipinski definition) is 2. The van der Waals surface area contributed by atoms with E-state index in [0.717, 1.165) is 5.56 Å². The van der Waals surface area contributed by atoms with Gasteiger partial charge in [-0.2, -0.15) is 0 Å². The molecule has 2 aromatic carbocycles. The molecule has 0 saturated heterocycles. The van der Waals surface area contributed by atoms with Gasteiger partial charge in [-0.15, -0.1) is 0 Å². The summed E-state index contributed by atoms with van der Waals surface area (Å²) in [4.78, 5) is 0. The van der Waals surface area contributed by atoms with Gasteiger partial charge in [0, 0.05) is 5.69 Å². The van der Waals surface area contributed by atoms with Crippen LogP contribution in [0.5, 0.6) is 5.75 Å². The third-order valence-corrected chi connectivity index (χ3v) is 4.82. The lowest BCUT2D eigenvalue weighted by molar-refractivity contribution is 0.476. The van der Waals surface area contributed by atoms with Crippen LogP contribution in [0.3, 0.4) is 0 Å². The molecule has 0 spiro atoms. The van der Waals surface area contributed by atoms with Crippen LogP contribution < -0.4 is 5.32 Å². The van der Waals surface area contributed by atoms with Crippen LogP contribution in [-0.4, -0.2) is 5.11 Å². The number of halogens is 5. The smallest absolute Gasteiger partial charge is 0.152 e. The van der Waals surface area contributed by atoms with Gasteiger partial charge < -0.3 is 10.4 Å². The molecule has 0 amide bonds. The molecule has 2 aromatic rings. The van der Waals surface area contributed by atoms with Gasteiger partial charge in [-0.05, 0) is 30.7 Å². The van der Waals surface area contributed by atoms with Gasteiger partial charge in [0.1, 0.15) is 0 Å². The molecule has 0 fully saturated rings. The highest BCUT2D eigenvalue weighted by atomic mass is 35.5. The Morgan fingerprint density at radius 3 is 2.05 bits per heavy atom. The summed E-state index contributed by atoms with van der Waals surface area (Å²) in [6.07, 6.45) is 0.